The Morgan fingerprint density at radius 2 is 1.38 bits per heavy atom. The van der Waals surface area contributed by atoms with E-state index < -0.39 is 0 Å². The summed E-state index contributed by atoms with van der Waals surface area (Å²) in [6, 6.07) is 5.93. The second-order valence-corrected chi connectivity index (χ2v) is 6.23. The quantitative estimate of drug-likeness (QED) is 0.679. The van der Waals surface area contributed by atoms with Crippen molar-refractivity contribution in [3.8, 4) is 5.75 Å². The van der Waals surface area contributed by atoms with E-state index in [4.69, 9.17) is 0 Å². The highest BCUT2D eigenvalue weighted by Gasteiger charge is 2.21. The molecule has 0 spiro atoms. The molecule has 0 fully saturated rings. The van der Waals surface area contributed by atoms with E-state index in [0.717, 1.165) is 5.56 Å². The summed E-state index contributed by atoms with van der Waals surface area (Å²) in [5.41, 5.74) is 2.42. The fraction of sp³-hybridized carbons (Fsp3) is 0.571. The molecule has 0 saturated heterocycles. The molecule has 0 aliphatic rings. The van der Waals surface area contributed by atoms with Gasteiger partial charge < -0.3 is 5.11 Å². The standard InChI is InChI=1S/C14H22O.Al/c1-13(2,3)10-7-8-12(15)11(9-10)14(4,5)6;/h7-9,15H,1-6H3;. The molecule has 0 saturated carbocycles. The van der Waals surface area contributed by atoms with Crippen molar-refractivity contribution in [3.63, 3.8) is 0 Å². The fourth-order valence-electron chi connectivity index (χ4n) is 1.60. The summed E-state index contributed by atoms with van der Waals surface area (Å²) >= 11 is 0. The molecule has 2 heteroatoms. The number of phenolic OH excluding ortho intramolecular Hbond substituents is 1. The maximum Gasteiger partial charge on any atom is 0.119 e. The van der Waals surface area contributed by atoms with E-state index in [2.05, 4.69) is 47.6 Å². The van der Waals surface area contributed by atoms with Crippen molar-refractivity contribution >= 4 is 17.4 Å². The zero-order chi connectivity index (χ0) is 11.9. The van der Waals surface area contributed by atoms with Gasteiger partial charge in [-0.3, -0.25) is 0 Å². The Kier molecular flexibility index (Phi) is 4.68. The molecule has 0 aliphatic heterocycles. The van der Waals surface area contributed by atoms with Crippen LogP contribution in [0.3, 0.4) is 0 Å². The topological polar surface area (TPSA) is 20.2 Å². The molecule has 0 bridgehead atoms. The Labute approximate surface area is 110 Å². The third kappa shape index (κ3) is 3.54. The van der Waals surface area contributed by atoms with Gasteiger partial charge in [0.2, 0.25) is 0 Å². The summed E-state index contributed by atoms with van der Waals surface area (Å²) in [4.78, 5) is 0. The van der Waals surface area contributed by atoms with Crippen molar-refractivity contribution in [1.82, 2.24) is 0 Å². The van der Waals surface area contributed by atoms with Crippen molar-refractivity contribution in [1.29, 1.82) is 0 Å². The van der Waals surface area contributed by atoms with Crippen LogP contribution in [0.4, 0.5) is 0 Å². The van der Waals surface area contributed by atoms with Crippen LogP contribution >= 0.6 is 0 Å². The van der Waals surface area contributed by atoms with Crippen molar-refractivity contribution in [2.75, 3.05) is 0 Å². The van der Waals surface area contributed by atoms with Gasteiger partial charge in [-0.1, -0.05) is 53.7 Å². The maximum atomic E-state index is 9.84. The van der Waals surface area contributed by atoms with Gasteiger partial charge in [-0.05, 0) is 28.0 Å². The van der Waals surface area contributed by atoms with Gasteiger partial charge in [-0.2, -0.15) is 0 Å². The molecule has 0 unspecified atom stereocenters. The molecular weight excluding hydrogens is 211 g/mol. The van der Waals surface area contributed by atoms with E-state index in [1.807, 2.05) is 6.07 Å². The highest BCUT2D eigenvalue weighted by atomic mass is 27.0. The van der Waals surface area contributed by atoms with Crippen LogP contribution in [-0.2, 0) is 10.8 Å². The molecule has 0 atom stereocenters. The summed E-state index contributed by atoms with van der Waals surface area (Å²) in [6.45, 7) is 12.9. The van der Waals surface area contributed by atoms with Crippen molar-refractivity contribution < 1.29 is 5.11 Å². The van der Waals surface area contributed by atoms with Gasteiger partial charge in [0.1, 0.15) is 5.75 Å². The SMILES string of the molecule is CC(C)(C)c1ccc(O)c(C(C)(C)C)c1.[Al]. The lowest BCUT2D eigenvalue weighted by Gasteiger charge is -2.25. The summed E-state index contributed by atoms with van der Waals surface area (Å²) in [5.74, 6) is 0.399. The number of rotatable bonds is 0. The molecule has 1 N–H and O–H groups in total. The molecule has 0 amide bonds. The molecule has 1 aromatic rings. The first-order valence-corrected chi connectivity index (χ1v) is 5.46. The van der Waals surface area contributed by atoms with Crippen LogP contribution in [0.5, 0.6) is 5.75 Å². The van der Waals surface area contributed by atoms with E-state index in [-0.39, 0.29) is 28.2 Å². The minimum atomic E-state index is -0.00859. The van der Waals surface area contributed by atoms with E-state index >= 15 is 0 Å². The van der Waals surface area contributed by atoms with Gasteiger partial charge in [0.25, 0.3) is 0 Å². The molecule has 0 aromatic heterocycles. The number of hydrogen-bond donors (Lipinski definition) is 1. The number of phenols is 1. The Morgan fingerprint density at radius 3 is 1.75 bits per heavy atom. The van der Waals surface area contributed by atoms with Crippen LogP contribution < -0.4 is 0 Å². The molecule has 87 valence electrons. The molecule has 0 aliphatic carbocycles. The number of benzene rings is 1. The first kappa shape index (κ1) is 15.6. The largest absolute Gasteiger partial charge is 0.508 e. The highest BCUT2D eigenvalue weighted by molar-refractivity contribution is 5.75. The fourth-order valence-corrected chi connectivity index (χ4v) is 1.60. The van der Waals surface area contributed by atoms with Crippen LogP contribution in [0.2, 0.25) is 0 Å². The molecular formula is C14H22AlO. The van der Waals surface area contributed by atoms with Crippen molar-refractivity contribution in [2.45, 2.75) is 52.4 Å². The third-order valence-electron chi connectivity index (χ3n) is 2.67. The summed E-state index contributed by atoms with van der Waals surface area (Å²) in [6.07, 6.45) is 0. The number of hydrogen-bond acceptors (Lipinski definition) is 1. The van der Waals surface area contributed by atoms with Gasteiger partial charge in [-0.25, -0.2) is 0 Å². The van der Waals surface area contributed by atoms with E-state index in [0.29, 0.717) is 5.75 Å². The second kappa shape index (κ2) is 4.82. The van der Waals surface area contributed by atoms with E-state index in [9.17, 15) is 5.11 Å². The highest BCUT2D eigenvalue weighted by Crippen LogP contribution is 2.34. The van der Waals surface area contributed by atoms with E-state index in [1.165, 1.54) is 5.56 Å². The zero-order valence-corrected chi connectivity index (χ0v) is 12.4. The average molecular weight is 233 g/mol. The average Bonchev–Trinajstić information content (AvgIpc) is 2.00. The van der Waals surface area contributed by atoms with Crippen LogP contribution in [0.25, 0.3) is 0 Å². The molecule has 1 nitrogen and oxygen atoms in total. The monoisotopic (exact) mass is 233 g/mol. The predicted octanol–water partition coefficient (Wildman–Crippen LogP) is 3.61. The number of aromatic hydroxyl groups is 1. The molecule has 1 aromatic carbocycles. The Bertz CT molecular complexity index is 356. The second-order valence-electron chi connectivity index (χ2n) is 6.23. The lowest BCUT2D eigenvalue weighted by atomic mass is 9.80. The van der Waals surface area contributed by atoms with Crippen LogP contribution in [0, 0.1) is 0 Å². The molecule has 0 heterocycles. The Hall–Kier alpha value is -0.448. The predicted molar refractivity (Wildman–Crippen MR) is 71.3 cm³/mol. The molecule has 1 rings (SSSR count). The smallest absolute Gasteiger partial charge is 0.119 e. The minimum absolute atomic E-state index is 0. The van der Waals surface area contributed by atoms with Crippen molar-refractivity contribution in [2.24, 2.45) is 0 Å². The zero-order valence-electron chi connectivity index (χ0n) is 11.3. The van der Waals surface area contributed by atoms with Gasteiger partial charge >= 0.3 is 0 Å². The summed E-state index contributed by atoms with van der Waals surface area (Å²) < 4.78 is 0. The first-order valence-electron chi connectivity index (χ1n) is 5.46. The summed E-state index contributed by atoms with van der Waals surface area (Å²) in [5, 5.41) is 9.84. The minimum Gasteiger partial charge on any atom is -0.508 e. The van der Waals surface area contributed by atoms with Crippen LogP contribution in [-0.4, -0.2) is 22.5 Å². The normalized spacial score (nSPS) is 12.1. The van der Waals surface area contributed by atoms with Crippen LogP contribution in [0.1, 0.15) is 52.7 Å². The van der Waals surface area contributed by atoms with Gasteiger partial charge in [0, 0.05) is 17.4 Å². The lowest BCUT2D eigenvalue weighted by molar-refractivity contribution is 0.444. The Morgan fingerprint density at radius 1 is 0.875 bits per heavy atom. The van der Waals surface area contributed by atoms with E-state index in [1.54, 1.807) is 6.07 Å². The van der Waals surface area contributed by atoms with Gasteiger partial charge in [0.05, 0.1) is 0 Å². The summed E-state index contributed by atoms with van der Waals surface area (Å²) in [7, 11) is 0. The lowest BCUT2D eigenvalue weighted by Crippen LogP contribution is -2.16. The maximum absolute atomic E-state index is 9.84. The molecule has 3 radical (unpaired) electrons. The Balaban J connectivity index is 0.00000225. The third-order valence-corrected chi connectivity index (χ3v) is 2.67. The van der Waals surface area contributed by atoms with Crippen LogP contribution in [0.15, 0.2) is 18.2 Å². The van der Waals surface area contributed by atoms with Gasteiger partial charge in [0.15, 0.2) is 0 Å². The molecule has 16 heavy (non-hydrogen) atoms. The van der Waals surface area contributed by atoms with Gasteiger partial charge in [-0.15, -0.1) is 0 Å². The first-order chi connectivity index (χ1) is 6.62. The van der Waals surface area contributed by atoms with Crippen molar-refractivity contribution in [3.05, 3.63) is 29.3 Å².